The van der Waals surface area contributed by atoms with Crippen molar-refractivity contribution in [3.05, 3.63) is 42.1 Å². The van der Waals surface area contributed by atoms with Crippen LogP contribution in [0.15, 0.2) is 30.7 Å². The first-order chi connectivity index (χ1) is 9.19. The highest BCUT2D eigenvalue weighted by molar-refractivity contribution is 5.72. The fourth-order valence-corrected chi connectivity index (χ4v) is 1.89. The molecule has 0 aliphatic rings. The molecule has 0 atom stereocenters. The summed E-state index contributed by atoms with van der Waals surface area (Å²) in [4.78, 5) is 12.5. The van der Waals surface area contributed by atoms with Crippen molar-refractivity contribution in [3.63, 3.8) is 0 Å². The second-order valence-electron chi connectivity index (χ2n) is 4.23. The highest BCUT2D eigenvalue weighted by Gasteiger charge is 2.11. The first-order valence-corrected chi connectivity index (χ1v) is 5.73. The Balaban J connectivity index is 2.18. The number of imidazole rings is 1. The molecule has 1 aromatic carbocycles. The molecule has 2 heterocycles. The molecule has 0 aliphatic heterocycles. The normalized spacial score (nSPS) is 11.1. The Hall–Kier alpha value is -2.34. The highest BCUT2D eigenvalue weighted by atomic mass is 19.1. The summed E-state index contributed by atoms with van der Waals surface area (Å²) in [7, 11) is 1.84. The number of aliphatic hydroxyl groups is 1. The summed E-state index contributed by atoms with van der Waals surface area (Å²) in [5.74, 6) is -0.161. The number of aliphatic hydroxyl groups excluding tert-OH is 1. The monoisotopic (exact) mass is 258 g/mol. The van der Waals surface area contributed by atoms with Crippen LogP contribution in [0.25, 0.3) is 22.6 Å². The number of hydrogen-bond acceptors (Lipinski definition) is 4. The zero-order valence-corrected chi connectivity index (χ0v) is 10.2. The minimum atomic E-state index is -0.424. The van der Waals surface area contributed by atoms with Crippen molar-refractivity contribution in [1.29, 1.82) is 0 Å². The molecule has 0 aliphatic carbocycles. The molecule has 0 spiro atoms. The van der Waals surface area contributed by atoms with Crippen molar-refractivity contribution in [1.82, 2.24) is 19.5 Å². The molecule has 96 valence electrons. The van der Waals surface area contributed by atoms with E-state index < -0.39 is 5.82 Å². The summed E-state index contributed by atoms with van der Waals surface area (Å²) in [5.41, 5.74) is 2.17. The predicted molar refractivity (Wildman–Crippen MR) is 67.6 cm³/mol. The number of hydrogen-bond donors (Lipinski definition) is 1. The fraction of sp³-hybridized carbons (Fsp3) is 0.154. The number of fused-ring (bicyclic) bond motifs is 1. The molecule has 3 rings (SSSR count). The first-order valence-electron chi connectivity index (χ1n) is 5.73. The van der Waals surface area contributed by atoms with Gasteiger partial charge in [-0.3, -0.25) is 0 Å². The van der Waals surface area contributed by atoms with E-state index in [-0.39, 0.29) is 18.0 Å². The Morgan fingerprint density at radius 2 is 2.16 bits per heavy atom. The summed E-state index contributed by atoms with van der Waals surface area (Å²) in [6.45, 7) is -0.154. The number of aryl methyl sites for hydroxylation is 1. The van der Waals surface area contributed by atoms with Gasteiger partial charge in [0.25, 0.3) is 0 Å². The van der Waals surface area contributed by atoms with Crippen molar-refractivity contribution >= 4 is 11.2 Å². The zero-order valence-electron chi connectivity index (χ0n) is 10.2. The minimum absolute atomic E-state index is 0.154. The van der Waals surface area contributed by atoms with Crippen molar-refractivity contribution in [3.8, 4) is 11.4 Å². The van der Waals surface area contributed by atoms with Gasteiger partial charge in [-0.2, -0.15) is 0 Å². The molecule has 5 nitrogen and oxygen atoms in total. The molecule has 6 heteroatoms. The van der Waals surface area contributed by atoms with Gasteiger partial charge in [-0.05, 0) is 17.7 Å². The maximum atomic E-state index is 13.8. The maximum Gasteiger partial charge on any atom is 0.181 e. The molecule has 0 bridgehead atoms. The lowest BCUT2D eigenvalue weighted by molar-refractivity contribution is 0.282. The van der Waals surface area contributed by atoms with Crippen LogP contribution in [0.3, 0.4) is 0 Å². The van der Waals surface area contributed by atoms with E-state index in [2.05, 4.69) is 15.0 Å². The summed E-state index contributed by atoms with van der Waals surface area (Å²) in [6, 6.07) is 4.37. The van der Waals surface area contributed by atoms with Crippen LogP contribution in [-0.2, 0) is 13.7 Å². The molecule has 3 aromatic rings. The third-order valence-corrected chi connectivity index (χ3v) is 2.94. The van der Waals surface area contributed by atoms with Crippen LogP contribution >= 0.6 is 0 Å². The zero-order chi connectivity index (χ0) is 13.4. The SMILES string of the molecule is Cn1cnc2nc(-c3cc(CO)ccc3F)ncc21. The Labute approximate surface area is 108 Å². The van der Waals surface area contributed by atoms with Crippen LogP contribution in [0.1, 0.15) is 5.56 Å². The Kier molecular flexibility index (Phi) is 2.72. The largest absolute Gasteiger partial charge is 0.392 e. The maximum absolute atomic E-state index is 13.8. The van der Waals surface area contributed by atoms with Gasteiger partial charge in [-0.15, -0.1) is 0 Å². The second-order valence-corrected chi connectivity index (χ2v) is 4.23. The quantitative estimate of drug-likeness (QED) is 0.759. The van der Waals surface area contributed by atoms with Gasteiger partial charge in [0.2, 0.25) is 0 Å². The predicted octanol–water partition coefficient (Wildman–Crippen LogP) is 1.66. The van der Waals surface area contributed by atoms with Gasteiger partial charge in [0, 0.05) is 7.05 Å². The second kappa shape index (κ2) is 4.40. The van der Waals surface area contributed by atoms with Crippen LogP contribution in [0.2, 0.25) is 0 Å². The summed E-state index contributed by atoms with van der Waals surface area (Å²) in [5, 5.41) is 9.10. The molecular formula is C13H11FN4O. The van der Waals surface area contributed by atoms with E-state index in [1.54, 1.807) is 23.2 Å². The molecule has 2 aromatic heterocycles. The first kappa shape index (κ1) is 11.7. The lowest BCUT2D eigenvalue weighted by atomic mass is 10.1. The molecule has 0 saturated heterocycles. The van der Waals surface area contributed by atoms with Crippen LogP contribution in [0.4, 0.5) is 4.39 Å². The lowest BCUT2D eigenvalue weighted by Crippen LogP contribution is -1.95. The average Bonchev–Trinajstić information content (AvgIpc) is 2.80. The smallest absolute Gasteiger partial charge is 0.181 e. The topological polar surface area (TPSA) is 63.8 Å². The molecular weight excluding hydrogens is 247 g/mol. The van der Waals surface area contributed by atoms with Gasteiger partial charge < -0.3 is 9.67 Å². The lowest BCUT2D eigenvalue weighted by Gasteiger charge is -2.04. The average molecular weight is 258 g/mol. The van der Waals surface area contributed by atoms with Gasteiger partial charge >= 0.3 is 0 Å². The van der Waals surface area contributed by atoms with Crippen LogP contribution in [0.5, 0.6) is 0 Å². The number of aromatic nitrogens is 4. The summed E-state index contributed by atoms with van der Waals surface area (Å²) < 4.78 is 15.6. The van der Waals surface area contributed by atoms with E-state index in [4.69, 9.17) is 5.11 Å². The van der Waals surface area contributed by atoms with Gasteiger partial charge in [0.05, 0.1) is 24.7 Å². The van der Waals surface area contributed by atoms with Gasteiger partial charge in [-0.1, -0.05) is 6.07 Å². The standard InChI is InChI=1S/C13H11FN4O/c1-18-7-16-13-11(18)5-15-12(17-13)9-4-8(6-19)2-3-10(9)14/h2-5,7,19H,6H2,1H3. The fourth-order valence-electron chi connectivity index (χ4n) is 1.89. The highest BCUT2D eigenvalue weighted by Crippen LogP contribution is 2.22. The summed E-state index contributed by atoms with van der Waals surface area (Å²) >= 11 is 0. The number of halogens is 1. The molecule has 19 heavy (non-hydrogen) atoms. The Morgan fingerprint density at radius 3 is 2.95 bits per heavy atom. The molecule has 1 N–H and O–H groups in total. The molecule has 0 radical (unpaired) electrons. The van der Waals surface area contributed by atoms with Gasteiger partial charge in [0.1, 0.15) is 11.3 Å². The van der Waals surface area contributed by atoms with E-state index in [9.17, 15) is 4.39 Å². The Morgan fingerprint density at radius 1 is 1.32 bits per heavy atom. The van der Waals surface area contributed by atoms with Crippen LogP contribution in [-0.4, -0.2) is 24.6 Å². The van der Waals surface area contributed by atoms with E-state index in [1.807, 2.05) is 7.05 Å². The van der Waals surface area contributed by atoms with E-state index in [1.165, 1.54) is 12.1 Å². The Bertz CT molecular complexity index is 753. The molecule has 0 amide bonds. The van der Waals surface area contributed by atoms with Gasteiger partial charge in [0.15, 0.2) is 11.5 Å². The van der Waals surface area contributed by atoms with Crippen molar-refractivity contribution in [2.75, 3.05) is 0 Å². The molecule has 0 fully saturated rings. The van der Waals surface area contributed by atoms with Gasteiger partial charge in [-0.25, -0.2) is 19.3 Å². The van der Waals surface area contributed by atoms with Crippen molar-refractivity contribution in [2.45, 2.75) is 6.61 Å². The number of benzene rings is 1. The van der Waals surface area contributed by atoms with Crippen LogP contribution in [0, 0.1) is 5.82 Å². The third kappa shape index (κ3) is 1.96. The van der Waals surface area contributed by atoms with Crippen molar-refractivity contribution < 1.29 is 9.50 Å². The molecule has 0 saturated carbocycles. The minimum Gasteiger partial charge on any atom is -0.392 e. The molecule has 0 unspecified atom stereocenters. The third-order valence-electron chi connectivity index (χ3n) is 2.94. The number of rotatable bonds is 2. The number of nitrogens with zero attached hydrogens (tertiary/aromatic N) is 4. The van der Waals surface area contributed by atoms with Crippen LogP contribution < -0.4 is 0 Å². The summed E-state index contributed by atoms with van der Waals surface area (Å²) in [6.07, 6.45) is 3.24. The van der Waals surface area contributed by atoms with E-state index in [0.29, 0.717) is 11.2 Å². The van der Waals surface area contributed by atoms with E-state index >= 15 is 0 Å². The van der Waals surface area contributed by atoms with E-state index in [0.717, 1.165) is 5.52 Å². The van der Waals surface area contributed by atoms with Crippen molar-refractivity contribution in [2.24, 2.45) is 7.05 Å².